The van der Waals surface area contributed by atoms with E-state index in [1.807, 2.05) is 0 Å². The number of methoxy groups -OCH3 is 1. The van der Waals surface area contributed by atoms with Crippen molar-refractivity contribution >= 4 is 21.6 Å². The quantitative estimate of drug-likeness (QED) is 0.679. The maximum atomic E-state index is 13.2. The number of nitrogens with zero attached hydrogens (tertiary/aromatic N) is 2. The predicted molar refractivity (Wildman–Crippen MR) is 96.9 cm³/mol. The van der Waals surface area contributed by atoms with Crippen molar-refractivity contribution in [3.63, 3.8) is 0 Å². The fourth-order valence-electron chi connectivity index (χ4n) is 2.52. The molecule has 0 bridgehead atoms. The molecular formula is C17H13ClF3N3O3S. The third kappa shape index (κ3) is 3.98. The third-order valence-electron chi connectivity index (χ3n) is 3.86. The summed E-state index contributed by atoms with van der Waals surface area (Å²) < 4.78 is 68.5. The van der Waals surface area contributed by atoms with Crippen LogP contribution >= 0.6 is 11.6 Å². The van der Waals surface area contributed by atoms with Crippen LogP contribution in [0.1, 0.15) is 5.69 Å². The Morgan fingerprint density at radius 1 is 1.11 bits per heavy atom. The van der Waals surface area contributed by atoms with Crippen LogP contribution in [0.5, 0.6) is 5.75 Å². The van der Waals surface area contributed by atoms with E-state index in [0.29, 0.717) is 11.3 Å². The number of alkyl halides is 3. The lowest BCUT2D eigenvalue weighted by Crippen LogP contribution is -2.12. The van der Waals surface area contributed by atoms with Crippen LogP contribution in [0.15, 0.2) is 53.4 Å². The first-order valence-electron chi connectivity index (χ1n) is 7.65. The van der Waals surface area contributed by atoms with E-state index in [4.69, 9.17) is 21.5 Å². The summed E-state index contributed by atoms with van der Waals surface area (Å²) in [5.41, 5.74) is -0.417. The molecule has 0 atom stereocenters. The van der Waals surface area contributed by atoms with Crippen molar-refractivity contribution in [3.05, 3.63) is 59.2 Å². The van der Waals surface area contributed by atoms with Crippen LogP contribution in [-0.4, -0.2) is 25.3 Å². The van der Waals surface area contributed by atoms with Crippen LogP contribution in [-0.2, 0) is 16.2 Å². The standard InChI is InChI=1S/C17H13ClF3N3O3S/c1-27-15-7-2-10(8-13(15)18)14-9-16(17(19,20)21)23-24(14)11-3-5-12(6-4-11)28(22,25)26/h2-9H,1H3,(H2,22,25,26). The largest absolute Gasteiger partial charge is 0.495 e. The Morgan fingerprint density at radius 2 is 1.75 bits per heavy atom. The molecule has 0 amide bonds. The molecule has 2 N–H and O–H groups in total. The molecule has 0 spiro atoms. The number of hydrogen-bond acceptors (Lipinski definition) is 4. The zero-order valence-electron chi connectivity index (χ0n) is 14.2. The first-order valence-corrected chi connectivity index (χ1v) is 9.57. The highest BCUT2D eigenvalue weighted by atomic mass is 35.5. The van der Waals surface area contributed by atoms with E-state index in [1.165, 1.54) is 49.6 Å². The zero-order valence-corrected chi connectivity index (χ0v) is 15.8. The van der Waals surface area contributed by atoms with Crippen LogP contribution in [0, 0.1) is 0 Å². The van der Waals surface area contributed by atoms with E-state index < -0.39 is 21.9 Å². The molecule has 0 radical (unpaired) electrons. The van der Waals surface area contributed by atoms with Crippen molar-refractivity contribution < 1.29 is 26.3 Å². The van der Waals surface area contributed by atoms with Gasteiger partial charge in [0, 0.05) is 5.56 Å². The maximum absolute atomic E-state index is 13.2. The Balaban J connectivity index is 2.18. The monoisotopic (exact) mass is 431 g/mol. The number of rotatable bonds is 4. The number of ether oxygens (including phenoxy) is 1. The van der Waals surface area contributed by atoms with Gasteiger partial charge in [-0.25, -0.2) is 18.2 Å². The topological polar surface area (TPSA) is 87.2 Å². The lowest BCUT2D eigenvalue weighted by atomic mass is 10.1. The molecule has 28 heavy (non-hydrogen) atoms. The van der Waals surface area contributed by atoms with E-state index in [1.54, 1.807) is 0 Å². The lowest BCUT2D eigenvalue weighted by Gasteiger charge is -2.10. The molecule has 3 aromatic rings. The van der Waals surface area contributed by atoms with Crippen molar-refractivity contribution in [2.75, 3.05) is 7.11 Å². The molecule has 6 nitrogen and oxygen atoms in total. The summed E-state index contributed by atoms with van der Waals surface area (Å²) in [5.74, 6) is 0.366. The Hall–Kier alpha value is -2.56. The van der Waals surface area contributed by atoms with Gasteiger partial charge in [-0.15, -0.1) is 0 Å². The summed E-state index contributed by atoms with van der Waals surface area (Å²) in [6, 6.07) is 10.4. The van der Waals surface area contributed by atoms with E-state index in [0.717, 1.165) is 10.7 Å². The first-order chi connectivity index (χ1) is 13.0. The van der Waals surface area contributed by atoms with Gasteiger partial charge in [0.15, 0.2) is 5.69 Å². The Labute approximate surface area is 163 Å². The molecule has 0 fully saturated rings. The maximum Gasteiger partial charge on any atom is 0.435 e. The lowest BCUT2D eigenvalue weighted by molar-refractivity contribution is -0.141. The Bertz CT molecular complexity index is 1130. The molecule has 0 aliphatic rings. The highest BCUT2D eigenvalue weighted by Gasteiger charge is 2.35. The molecule has 1 aromatic heterocycles. The smallest absolute Gasteiger partial charge is 0.435 e. The summed E-state index contributed by atoms with van der Waals surface area (Å²) in [5, 5.41) is 8.89. The van der Waals surface area contributed by atoms with E-state index in [9.17, 15) is 21.6 Å². The molecule has 0 unspecified atom stereocenters. The van der Waals surface area contributed by atoms with E-state index in [2.05, 4.69) is 5.10 Å². The van der Waals surface area contributed by atoms with Crippen molar-refractivity contribution in [2.24, 2.45) is 5.14 Å². The molecule has 0 aliphatic heterocycles. The minimum Gasteiger partial charge on any atom is -0.495 e. The van der Waals surface area contributed by atoms with Gasteiger partial charge in [-0.3, -0.25) is 0 Å². The summed E-state index contributed by atoms with van der Waals surface area (Å²) in [7, 11) is -2.52. The highest BCUT2D eigenvalue weighted by molar-refractivity contribution is 7.89. The number of aromatic nitrogens is 2. The molecule has 0 saturated heterocycles. The van der Waals surface area contributed by atoms with Gasteiger partial charge in [0.05, 0.1) is 28.4 Å². The summed E-state index contributed by atoms with van der Waals surface area (Å²) in [4.78, 5) is -0.173. The summed E-state index contributed by atoms with van der Waals surface area (Å²) in [6.45, 7) is 0. The second-order valence-electron chi connectivity index (χ2n) is 5.71. The fraction of sp³-hybridized carbons (Fsp3) is 0.118. The fourth-order valence-corrected chi connectivity index (χ4v) is 3.30. The average molecular weight is 432 g/mol. The van der Waals surface area contributed by atoms with Gasteiger partial charge in [-0.1, -0.05) is 11.6 Å². The molecule has 0 saturated carbocycles. The van der Waals surface area contributed by atoms with Crippen LogP contribution < -0.4 is 9.88 Å². The number of benzene rings is 2. The van der Waals surface area contributed by atoms with Gasteiger partial charge in [-0.05, 0) is 48.5 Å². The molecule has 11 heteroatoms. The zero-order chi connectivity index (χ0) is 20.7. The van der Waals surface area contributed by atoms with E-state index >= 15 is 0 Å². The van der Waals surface area contributed by atoms with Crippen molar-refractivity contribution in [2.45, 2.75) is 11.1 Å². The molecule has 3 rings (SSSR count). The van der Waals surface area contributed by atoms with Crippen LogP contribution in [0.4, 0.5) is 13.2 Å². The number of halogens is 4. The predicted octanol–water partition coefficient (Wildman–Crippen LogP) is 3.87. The summed E-state index contributed by atoms with van der Waals surface area (Å²) >= 11 is 6.09. The first kappa shape index (κ1) is 20.2. The van der Waals surface area contributed by atoms with Crippen LogP contribution in [0.3, 0.4) is 0 Å². The van der Waals surface area contributed by atoms with Gasteiger partial charge < -0.3 is 4.74 Å². The molecule has 148 valence electrons. The normalized spacial score (nSPS) is 12.2. The van der Waals surface area contributed by atoms with Crippen molar-refractivity contribution in [1.29, 1.82) is 0 Å². The minimum absolute atomic E-state index is 0.111. The number of hydrogen-bond donors (Lipinski definition) is 1. The van der Waals surface area contributed by atoms with Gasteiger partial charge in [0.2, 0.25) is 10.0 Å². The van der Waals surface area contributed by atoms with Crippen molar-refractivity contribution in [1.82, 2.24) is 9.78 Å². The van der Waals surface area contributed by atoms with Gasteiger partial charge >= 0.3 is 6.18 Å². The van der Waals surface area contributed by atoms with Gasteiger partial charge in [0.1, 0.15) is 5.75 Å². The molecular weight excluding hydrogens is 419 g/mol. The number of sulfonamides is 1. The third-order valence-corrected chi connectivity index (χ3v) is 5.08. The van der Waals surface area contributed by atoms with Crippen LogP contribution in [0.2, 0.25) is 5.02 Å². The Morgan fingerprint density at radius 3 is 2.25 bits per heavy atom. The Kier molecular flexibility index (Phi) is 5.13. The SMILES string of the molecule is COc1ccc(-c2cc(C(F)(F)F)nn2-c2ccc(S(N)(=O)=O)cc2)cc1Cl. The van der Waals surface area contributed by atoms with Crippen LogP contribution in [0.25, 0.3) is 16.9 Å². The highest BCUT2D eigenvalue weighted by Crippen LogP contribution is 2.35. The average Bonchev–Trinajstić information content (AvgIpc) is 3.07. The van der Waals surface area contributed by atoms with Gasteiger partial charge in [0.25, 0.3) is 0 Å². The molecule has 2 aromatic carbocycles. The number of nitrogens with two attached hydrogens (primary N) is 1. The number of primary sulfonamides is 1. The second kappa shape index (κ2) is 7.12. The van der Waals surface area contributed by atoms with Gasteiger partial charge in [-0.2, -0.15) is 18.3 Å². The van der Waals surface area contributed by atoms with E-state index in [-0.39, 0.29) is 21.3 Å². The second-order valence-corrected chi connectivity index (χ2v) is 7.68. The van der Waals surface area contributed by atoms with Crippen molar-refractivity contribution in [3.8, 4) is 22.7 Å². The minimum atomic E-state index is -4.67. The molecule has 1 heterocycles. The summed E-state index contributed by atoms with van der Waals surface area (Å²) in [6.07, 6.45) is -4.67. The molecule has 0 aliphatic carbocycles.